The molecule has 0 saturated carbocycles. The van der Waals surface area contributed by atoms with Crippen LogP contribution in [0, 0.1) is 0 Å². The van der Waals surface area contributed by atoms with Gasteiger partial charge < -0.3 is 5.11 Å². The summed E-state index contributed by atoms with van der Waals surface area (Å²) in [7, 11) is 0. The summed E-state index contributed by atoms with van der Waals surface area (Å²) in [6.45, 7) is 0. The van der Waals surface area contributed by atoms with E-state index in [1.54, 1.807) is 0 Å². The molecule has 0 aromatic carbocycles. The molecule has 1 atom stereocenters. The lowest BCUT2D eigenvalue weighted by molar-refractivity contribution is -0.124. The highest BCUT2D eigenvalue weighted by Crippen LogP contribution is 2.30. The summed E-state index contributed by atoms with van der Waals surface area (Å²) in [4.78, 5) is 21.8. The maximum absolute atomic E-state index is 10.9. The fraction of sp³-hybridized carbons (Fsp3) is 0.429. The largest absolute Gasteiger partial charge is 0.388 e. The lowest BCUT2D eigenvalue weighted by Crippen LogP contribution is -2.27. The van der Waals surface area contributed by atoms with Gasteiger partial charge in [0.15, 0.2) is 0 Å². The Morgan fingerprint density at radius 2 is 2.09 bits per heavy atom. The van der Waals surface area contributed by atoms with Crippen molar-refractivity contribution < 1.29 is 14.7 Å². The average Bonchev–Trinajstić information content (AvgIpc) is 2.41. The number of hydrogen-bond acceptors (Lipinski definition) is 3. The van der Waals surface area contributed by atoms with Crippen molar-refractivity contribution in [2.75, 3.05) is 0 Å². The first kappa shape index (κ1) is 6.54. The van der Waals surface area contributed by atoms with Gasteiger partial charge in [0.2, 0.25) is 0 Å². The van der Waals surface area contributed by atoms with Gasteiger partial charge in [0.25, 0.3) is 11.8 Å². The van der Waals surface area contributed by atoms with Crippen LogP contribution in [0.15, 0.2) is 11.1 Å². The molecule has 1 heterocycles. The van der Waals surface area contributed by atoms with Crippen molar-refractivity contribution >= 4 is 11.8 Å². The van der Waals surface area contributed by atoms with Gasteiger partial charge in [-0.2, -0.15) is 0 Å². The molecular formula is C7H7NO3. The van der Waals surface area contributed by atoms with Crippen molar-refractivity contribution in [1.29, 1.82) is 0 Å². The van der Waals surface area contributed by atoms with E-state index < -0.39 is 12.0 Å². The summed E-state index contributed by atoms with van der Waals surface area (Å²) in [6, 6.07) is 0. The van der Waals surface area contributed by atoms with Crippen LogP contribution >= 0.6 is 0 Å². The molecule has 2 N–H and O–H groups in total. The molecular weight excluding hydrogens is 146 g/mol. The number of aliphatic hydroxyl groups excluding tert-OH is 1. The molecule has 0 radical (unpaired) electrons. The SMILES string of the molecule is O=C1NC(=O)C2=C1CC[C@H]2O. The molecule has 0 aromatic heterocycles. The second kappa shape index (κ2) is 1.92. The van der Waals surface area contributed by atoms with Gasteiger partial charge in [0.1, 0.15) is 0 Å². The van der Waals surface area contributed by atoms with Crippen LogP contribution in [0.25, 0.3) is 0 Å². The summed E-state index contributed by atoms with van der Waals surface area (Å²) < 4.78 is 0. The number of carbonyl (C=O) groups is 2. The molecule has 2 rings (SSSR count). The highest BCUT2D eigenvalue weighted by Gasteiger charge is 2.38. The van der Waals surface area contributed by atoms with E-state index in [4.69, 9.17) is 0 Å². The quantitative estimate of drug-likeness (QED) is 0.443. The molecule has 1 aliphatic carbocycles. The molecule has 0 bridgehead atoms. The lowest BCUT2D eigenvalue weighted by Gasteiger charge is -2.02. The van der Waals surface area contributed by atoms with E-state index in [9.17, 15) is 14.7 Å². The van der Waals surface area contributed by atoms with Gasteiger partial charge in [-0.15, -0.1) is 0 Å². The molecule has 4 heteroatoms. The third kappa shape index (κ3) is 0.728. The Morgan fingerprint density at radius 1 is 1.36 bits per heavy atom. The molecule has 2 aliphatic rings. The Bertz CT molecular complexity index is 279. The van der Waals surface area contributed by atoms with E-state index in [1.165, 1.54) is 0 Å². The molecule has 0 aromatic rings. The molecule has 4 nitrogen and oxygen atoms in total. The smallest absolute Gasteiger partial charge is 0.257 e. The molecule has 0 spiro atoms. The highest BCUT2D eigenvalue weighted by molar-refractivity contribution is 6.20. The van der Waals surface area contributed by atoms with Crippen LogP contribution < -0.4 is 5.32 Å². The zero-order valence-electron chi connectivity index (χ0n) is 5.76. The van der Waals surface area contributed by atoms with Gasteiger partial charge in [-0.05, 0) is 12.8 Å². The van der Waals surface area contributed by atoms with E-state index in [0.717, 1.165) is 0 Å². The van der Waals surface area contributed by atoms with Crippen LogP contribution in [-0.2, 0) is 9.59 Å². The Balaban J connectivity index is 2.46. The molecule has 11 heavy (non-hydrogen) atoms. The zero-order valence-corrected chi connectivity index (χ0v) is 5.76. The van der Waals surface area contributed by atoms with Crippen LogP contribution in [0.4, 0.5) is 0 Å². The van der Waals surface area contributed by atoms with E-state index in [2.05, 4.69) is 5.32 Å². The summed E-state index contributed by atoms with van der Waals surface area (Å²) in [5.41, 5.74) is 0.762. The van der Waals surface area contributed by atoms with Gasteiger partial charge in [-0.3, -0.25) is 14.9 Å². The van der Waals surface area contributed by atoms with E-state index >= 15 is 0 Å². The number of aliphatic hydroxyl groups is 1. The molecule has 1 aliphatic heterocycles. The Hall–Kier alpha value is -1.16. The minimum absolute atomic E-state index is 0.287. The highest BCUT2D eigenvalue weighted by atomic mass is 16.3. The second-order valence-electron chi connectivity index (χ2n) is 2.73. The normalized spacial score (nSPS) is 29.4. The van der Waals surface area contributed by atoms with Crippen molar-refractivity contribution in [1.82, 2.24) is 5.32 Å². The van der Waals surface area contributed by atoms with Crippen molar-refractivity contribution in [2.24, 2.45) is 0 Å². The third-order valence-electron chi connectivity index (χ3n) is 2.07. The van der Waals surface area contributed by atoms with Gasteiger partial charge in [-0.25, -0.2) is 0 Å². The molecule has 0 fully saturated rings. The van der Waals surface area contributed by atoms with Crippen molar-refractivity contribution in [3.8, 4) is 0 Å². The lowest BCUT2D eigenvalue weighted by atomic mass is 10.2. The zero-order chi connectivity index (χ0) is 8.01. The van der Waals surface area contributed by atoms with Gasteiger partial charge in [0.05, 0.1) is 11.7 Å². The third-order valence-corrected chi connectivity index (χ3v) is 2.07. The summed E-state index contributed by atoms with van der Waals surface area (Å²) >= 11 is 0. The van der Waals surface area contributed by atoms with Crippen LogP contribution in [0.3, 0.4) is 0 Å². The first-order valence-corrected chi connectivity index (χ1v) is 3.47. The van der Waals surface area contributed by atoms with E-state index in [1.807, 2.05) is 0 Å². The maximum atomic E-state index is 10.9. The Morgan fingerprint density at radius 3 is 2.73 bits per heavy atom. The molecule has 2 amide bonds. The van der Waals surface area contributed by atoms with Crippen LogP contribution in [0.2, 0.25) is 0 Å². The predicted octanol–water partition coefficient (Wildman–Crippen LogP) is -0.906. The standard InChI is InChI=1S/C7H7NO3/c9-4-2-1-3-5(4)7(11)8-6(3)10/h4,9H,1-2H2,(H,8,10,11)/t4-/m1/s1. The van der Waals surface area contributed by atoms with E-state index in [-0.39, 0.29) is 11.5 Å². The van der Waals surface area contributed by atoms with Crippen molar-refractivity contribution in [3.63, 3.8) is 0 Å². The predicted molar refractivity (Wildman–Crippen MR) is 35.4 cm³/mol. The monoisotopic (exact) mass is 153 g/mol. The fourth-order valence-corrected chi connectivity index (χ4v) is 1.53. The van der Waals surface area contributed by atoms with Gasteiger partial charge in [0, 0.05) is 5.57 Å². The Kier molecular flexibility index (Phi) is 1.14. The van der Waals surface area contributed by atoms with Crippen molar-refractivity contribution in [2.45, 2.75) is 18.9 Å². The van der Waals surface area contributed by atoms with Crippen LogP contribution in [-0.4, -0.2) is 23.0 Å². The van der Waals surface area contributed by atoms with Crippen molar-refractivity contribution in [3.05, 3.63) is 11.1 Å². The minimum Gasteiger partial charge on any atom is -0.388 e. The number of carbonyl (C=O) groups excluding carboxylic acids is 2. The summed E-state index contributed by atoms with van der Waals surface area (Å²) in [6.07, 6.45) is 0.300. The topological polar surface area (TPSA) is 66.4 Å². The summed E-state index contributed by atoms with van der Waals surface area (Å²) in [5, 5.41) is 11.4. The fourth-order valence-electron chi connectivity index (χ4n) is 1.53. The first-order valence-electron chi connectivity index (χ1n) is 3.47. The van der Waals surface area contributed by atoms with Crippen LogP contribution in [0.5, 0.6) is 0 Å². The van der Waals surface area contributed by atoms with Crippen LogP contribution in [0.1, 0.15) is 12.8 Å². The maximum Gasteiger partial charge on any atom is 0.257 e. The molecule has 0 unspecified atom stereocenters. The average molecular weight is 153 g/mol. The minimum atomic E-state index is -0.726. The number of nitrogens with one attached hydrogen (secondary N) is 1. The second-order valence-corrected chi connectivity index (χ2v) is 2.73. The molecule has 58 valence electrons. The number of hydrogen-bond donors (Lipinski definition) is 2. The Labute approximate surface area is 62.9 Å². The molecule has 0 saturated heterocycles. The van der Waals surface area contributed by atoms with Gasteiger partial charge in [-0.1, -0.05) is 0 Å². The summed E-state index contributed by atoms with van der Waals surface area (Å²) in [5.74, 6) is -0.753. The number of rotatable bonds is 0. The first-order chi connectivity index (χ1) is 5.20. The number of imide groups is 1. The van der Waals surface area contributed by atoms with E-state index in [0.29, 0.717) is 18.4 Å². The van der Waals surface area contributed by atoms with Gasteiger partial charge >= 0.3 is 0 Å². The number of amides is 2.